The van der Waals surface area contributed by atoms with Crippen molar-refractivity contribution in [3.8, 4) is 11.5 Å². The molecule has 112 valence electrons. The zero-order valence-corrected chi connectivity index (χ0v) is 14.3. The van der Waals surface area contributed by atoms with Crippen molar-refractivity contribution in [1.82, 2.24) is 4.31 Å². The number of ether oxygens (including phenoxy) is 2. The molecular formula is C13H12BrNO4S2. The molecule has 0 atom stereocenters. The molecule has 0 radical (unpaired) electrons. The molecule has 0 spiro atoms. The van der Waals surface area contributed by atoms with E-state index in [1.54, 1.807) is 30.6 Å². The Hall–Kier alpha value is -1.09. The van der Waals surface area contributed by atoms with Gasteiger partial charge in [0.05, 0.1) is 0 Å². The van der Waals surface area contributed by atoms with Crippen LogP contribution >= 0.6 is 27.3 Å². The third-order valence-electron chi connectivity index (χ3n) is 3.07. The lowest BCUT2D eigenvalue weighted by Crippen LogP contribution is -2.26. The molecule has 0 N–H and O–H groups in total. The fourth-order valence-corrected chi connectivity index (χ4v) is 5.65. The Morgan fingerprint density at radius 3 is 2.76 bits per heavy atom. The zero-order chi connectivity index (χ0) is 15.0. The number of hydrogen-bond acceptors (Lipinski definition) is 5. The SMILES string of the molecule is CN(Cc1ccc2c(c1)OCO2)S(=O)(=O)c1sccc1Br. The van der Waals surface area contributed by atoms with Crippen LogP contribution in [0.3, 0.4) is 0 Å². The second kappa shape index (κ2) is 5.60. The van der Waals surface area contributed by atoms with Crippen LogP contribution in [0, 0.1) is 0 Å². The van der Waals surface area contributed by atoms with E-state index in [9.17, 15) is 8.42 Å². The van der Waals surface area contributed by atoms with Crippen LogP contribution in [0.25, 0.3) is 0 Å². The molecule has 8 heteroatoms. The molecule has 5 nitrogen and oxygen atoms in total. The number of thiophene rings is 1. The number of sulfonamides is 1. The second-order valence-electron chi connectivity index (χ2n) is 4.50. The second-order valence-corrected chi connectivity index (χ2v) is 8.52. The highest BCUT2D eigenvalue weighted by Crippen LogP contribution is 2.34. The minimum atomic E-state index is -3.51. The molecule has 1 aliphatic heterocycles. The summed E-state index contributed by atoms with van der Waals surface area (Å²) < 4.78 is 37.8. The summed E-state index contributed by atoms with van der Waals surface area (Å²) in [6, 6.07) is 7.16. The summed E-state index contributed by atoms with van der Waals surface area (Å²) in [5.74, 6) is 1.33. The molecule has 1 aromatic heterocycles. The number of rotatable bonds is 4. The Kier molecular flexibility index (Phi) is 3.96. The van der Waals surface area contributed by atoms with E-state index < -0.39 is 10.0 Å². The topological polar surface area (TPSA) is 55.8 Å². The predicted molar refractivity (Wildman–Crippen MR) is 83.2 cm³/mol. The van der Waals surface area contributed by atoms with E-state index in [0.29, 0.717) is 20.2 Å². The molecule has 2 aromatic rings. The molecular weight excluding hydrogens is 378 g/mol. The summed E-state index contributed by atoms with van der Waals surface area (Å²) in [6.07, 6.45) is 0. The van der Waals surface area contributed by atoms with E-state index in [1.807, 2.05) is 6.07 Å². The number of halogens is 1. The molecule has 0 fully saturated rings. The van der Waals surface area contributed by atoms with Gasteiger partial charge in [0.2, 0.25) is 6.79 Å². The quantitative estimate of drug-likeness (QED) is 0.805. The standard InChI is InChI=1S/C13H12BrNO4S2/c1-15(21(16,17)13-10(14)4-5-20-13)7-9-2-3-11-12(6-9)19-8-18-11/h2-6H,7-8H2,1H3. The maximum Gasteiger partial charge on any atom is 0.253 e. The summed E-state index contributed by atoms with van der Waals surface area (Å²) in [5, 5.41) is 1.74. The highest BCUT2D eigenvalue weighted by Gasteiger charge is 2.25. The van der Waals surface area contributed by atoms with E-state index in [0.717, 1.165) is 5.56 Å². The van der Waals surface area contributed by atoms with Crippen LogP contribution in [-0.4, -0.2) is 26.6 Å². The maximum absolute atomic E-state index is 12.5. The fourth-order valence-electron chi connectivity index (χ4n) is 1.99. The first-order valence-electron chi connectivity index (χ1n) is 6.06. The van der Waals surface area contributed by atoms with Gasteiger partial charge in [-0.3, -0.25) is 0 Å². The molecule has 0 unspecified atom stereocenters. The Labute approximate surface area is 135 Å². The van der Waals surface area contributed by atoms with Gasteiger partial charge in [-0.2, -0.15) is 4.31 Å². The van der Waals surface area contributed by atoms with E-state index in [1.165, 1.54) is 15.6 Å². The Bertz CT molecular complexity index is 772. The largest absolute Gasteiger partial charge is 0.454 e. The van der Waals surface area contributed by atoms with E-state index in [-0.39, 0.29) is 13.3 Å². The number of hydrogen-bond donors (Lipinski definition) is 0. The maximum atomic E-state index is 12.5. The Morgan fingerprint density at radius 1 is 1.29 bits per heavy atom. The molecule has 1 aliphatic rings. The van der Waals surface area contributed by atoms with Gasteiger partial charge in [0.15, 0.2) is 11.5 Å². The lowest BCUT2D eigenvalue weighted by atomic mass is 10.2. The highest BCUT2D eigenvalue weighted by atomic mass is 79.9. The van der Waals surface area contributed by atoms with Crippen LogP contribution in [0.4, 0.5) is 0 Å². The number of benzene rings is 1. The number of fused-ring (bicyclic) bond motifs is 1. The van der Waals surface area contributed by atoms with Gasteiger partial charge < -0.3 is 9.47 Å². The smallest absolute Gasteiger partial charge is 0.253 e. The summed E-state index contributed by atoms with van der Waals surface area (Å²) in [7, 11) is -1.94. The van der Waals surface area contributed by atoms with Crippen LogP contribution in [-0.2, 0) is 16.6 Å². The van der Waals surface area contributed by atoms with Gasteiger partial charge in [-0.1, -0.05) is 6.07 Å². The normalized spacial score (nSPS) is 13.9. The van der Waals surface area contributed by atoms with Crippen molar-refractivity contribution in [2.24, 2.45) is 0 Å². The van der Waals surface area contributed by atoms with Crippen molar-refractivity contribution in [3.63, 3.8) is 0 Å². The minimum Gasteiger partial charge on any atom is -0.454 e. The average molecular weight is 390 g/mol. The van der Waals surface area contributed by atoms with Crippen LogP contribution in [0.2, 0.25) is 0 Å². The third-order valence-corrected chi connectivity index (χ3v) is 7.52. The lowest BCUT2D eigenvalue weighted by molar-refractivity contribution is 0.174. The zero-order valence-electron chi connectivity index (χ0n) is 11.1. The Morgan fingerprint density at radius 2 is 2.05 bits per heavy atom. The molecule has 0 saturated heterocycles. The summed E-state index contributed by atoms with van der Waals surface area (Å²) in [5.41, 5.74) is 0.845. The van der Waals surface area contributed by atoms with Crippen molar-refractivity contribution >= 4 is 37.3 Å². The van der Waals surface area contributed by atoms with Crippen LogP contribution in [0.1, 0.15) is 5.56 Å². The summed E-state index contributed by atoms with van der Waals surface area (Å²) in [6.45, 7) is 0.471. The fraction of sp³-hybridized carbons (Fsp3) is 0.231. The predicted octanol–water partition coefficient (Wildman–Crippen LogP) is 3.06. The van der Waals surface area contributed by atoms with Gasteiger partial charge in [-0.05, 0) is 45.1 Å². The highest BCUT2D eigenvalue weighted by molar-refractivity contribution is 9.10. The number of nitrogens with zero attached hydrogens (tertiary/aromatic N) is 1. The monoisotopic (exact) mass is 389 g/mol. The lowest BCUT2D eigenvalue weighted by Gasteiger charge is -2.16. The molecule has 3 rings (SSSR count). The van der Waals surface area contributed by atoms with E-state index >= 15 is 0 Å². The van der Waals surface area contributed by atoms with E-state index in [4.69, 9.17) is 9.47 Å². The Balaban J connectivity index is 1.83. The van der Waals surface area contributed by atoms with Gasteiger partial charge >= 0.3 is 0 Å². The van der Waals surface area contributed by atoms with Crippen molar-refractivity contribution in [2.45, 2.75) is 10.8 Å². The van der Waals surface area contributed by atoms with Gasteiger partial charge in [-0.15, -0.1) is 11.3 Å². The van der Waals surface area contributed by atoms with E-state index in [2.05, 4.69) is 15.9 Å². The molecule has 0 amide bonds. The molecule has 0 aliphatic carbocycles. The van der Waals surface area contributed by atoms with Gasteiger partial charge in [0, 0.05) is 18.1 Å². The van der Waals surface area contributed by atoms with Crippen LogP contribution < -0.4 is 9.47 Å². The third kappa shape index (κ3) is 2.80. The van der Waals surface area contributed by atoms with Gasteiger partial charge in [0.25, 0.3) is 10.0 Å². The molecule has 0 bridgehead atoms. The first-order chi connectivity index (χ1) is 9.98. The summed E-state index contributed by atoms with van der Waals surface area (Å²) in [4.78, 5) is 0. The van der Waals surface area contributed by atoms with Crippen molar-refractivity contribution in [1.29, 1.82) is 0 Å². The first kappa shape index (κ1) is 14.8. The van der Waals surface area contributed by atoms with Crippen LogP contribution in [0.5, 0.6) is 11.5 Å². The summed E-state index contributed by atoms with van der Waals surface area (Å²) >= 11 is 4.46. The molecule has 21 heavy (non-hydrogen) atoms. The van der Waals surface area contributed by atoms with Gasteiger partial charge in [0.1, 0.15) is 4.21 Å². The first-order valence-corrected chi connectivity index (χ1v) is 9.17. The van der Waals surface area contributed by atoms with Gasteiger partial charge in [-0.25, -0.2) is 8.42 Å². The minimum absolute atomic E-state index is 0.203. The average Bonchev–Trinajstić information content (AvgIpc) is 3.06. The molecule has 2 heterocycles. The van der Waals surface area contributed by atoms with Crippen molar-refractivity contribution < 1.29 is 17.9 Å². The molecule has 1 aromatic carbocycles. The van der Waals surface area contributed by atoms with Crippen molar-refractivity contribution in [2.75, 3.05) is 13.8 Å². The molecule has 0 saturated carbocycles. The van der Waals surface area contributed by atoms with Crippen molar-refractivity contribution in [3.05, 3.63) is 39.7 Å². The van der Waals surface area contributed by atoms with Crippen LogP contribution in [0.15, 0.2) is 38.3 Å².